The van der Waals surface area contributed by atoms with E-state index in [0.29, 0.717) is 0 Å². The van der Waals surface area contributed by atoms with E-state index in [9.17, 15) is 0 Å². The fourth-order valence-corrected chi connectivity index (χ4v) is 6.28. The van der Waals surface area contributed by atoms with Crippen molar-refractivity contribution in [3.05, 3.63) is 128 Å². The van der Waals surface area contributed by atoms with E-state index in [1.165, 1.54) is 66.8 Å². The zero-order valence-corrected chi connectivity index (χ0v) is 22.3. The van der Waals surface area contributed by atoms with Gasteiger partial charge in [0.15, 0.2) is 0 Å². The van der Waals surface area contributed by atoms with E-state index in [0.717, 1.165) is 25.7 Å². The third-order valence-corrected chi connectivity index (χ3v) is 8.18. The van der Waals surface area contributed by atoms with Crippen molar-refractivity contribution in [1.29, 1.82) is 0 Å². The average Bonchev–Trinajstić information content (AvgIpc) is 3.16. The molecule has 0 amide bonds. The van der Waals surface area contributed by atoms with Gasteiger partial charge in [-0.3, -0.25) is 0 Å². The molecule has 0 heteroatoms. The molecule has 0 radical (unpaired) electrons. The van der Waals surface area contributed by atoms with Crippen LogP contribution in [-0.2, 0) is 31.1 Å². The van der Waals surface area contributed by atoms with Gasteiger partial charge in [-0.25, -0.2) is 0 Å². The molecule has 0 unspecified atom stereocenters. The summed E-state index contributed by atoms with van der Waals surface area (Å²) in [5.41, 5.74) is 16.7. The smallest absolute Gasteiger partial charge is 0.0613 e. The van der Waals surface area contributed by atoms with Gasteiger partial charge in [0.1, 0.15) is 0 Å². The van der Waals surface area contributed by atoms with Crippen molar-refractivity contribution in [3.8, 4) is 11.1 Å². The molecule has 178 valence electrons. The van der Waals surface area contributed by atoms with Crippen LogP contribution in [0.1, 0.15) is 83.3 Å². The molecule has 0 aromatic heterocycles. The summed E-state index contributed by atoms with van der Waals surface area (Å²) in [5, 5.41) is 0. The molecule has 0 fully saturated rings. The Kier molecular flexibility index (Phi) is 6.18. The molecule has 0 nitrogen and oxygen atoms in total. The molecule has 1 aliphatic rings. The van der Waals surface area contributed by atoms with Gasteiger partial charge in [-0.1, -0.05) is 112 Å². The molecule has 0 bridgehead atoms. The van der Waals surface area contributed by atoms with E-state index in [-0.39, 0.29) is 5.41 Å². The summed E-state index contributed by atoms with van der Waals surface area (Å²) >= 11 is 0. The summed E-state index contributed by atoms with van der Waals surface area (Å²) in [6.07, 6.45) is 4.14. The van der Waals surface area contributed by atoms with Crippen LogP contribution in [0.5, 0.6) is 0 Å². The summed E-state index contributed by atoms with van der Waals surface area (Å²) in [4.78, 5) is 0. The quantitative estimate of drug-likeness (QED) is 0.238. The van der Waals surface area contributed by atoms with Gasteiger partial charge >= 0.3 is 0 Å². The fourth-order valence-electron chi connectivity index (χ4n) is 6.28. The number of hydrogen-bond donors (Lipinski definition) is 0. The summed E-state index contributed by atoms with van der Waals surface area (Å²) in [5.74, 6) is 0. The molecular formula is C35H38. The first-order valence-electron chi connectivity index (χ1n) is 13.4. The SMILES string of the molecule is CCc1ccc(CC)c(C2(c3cc(CC)ccc3CC)c3cc(C)ccc3-c3ccc(C)cc32)c1. The highest BCUT2D eigenvalue weighted by molar-refractivity contribution is 5.87. The molecule has 0 spiro atoms. The van der Waals surface area contributed by atoms with Crippen LogP contribution in [0.15, 0.2) is 72.8 Å². The lowest BCUT2D eigenvalue weighted by Gasteiger charge is -2.38. The first-order valence-corrected chi connectivity index (χ1v) is 13.4. The van der Waals surface area contributed by atoms with Crippen molar-refractivity contribution in [2.75, 3.05) is 0 Å². The minimum atomic E-state index is -0.310. The van der Waals surface area contributed by atoms with Crippen LogP contribution in [0.2, 0.25) is 0 Å². The predicted molar refractivity (Wildman–Crippen MR) is 151 cm³/mol. The molecule has 0 saturated heterocycles. The fraction of sp³-hybridized carbons (Fsp3) is 0.314. The van der Waals surface area contributed by atoms with Crippen molar-refractivity contribution in [3.63, 3.8) is 0 Å². The van der Waals surface area contributed by atoms with Crippen LogP contribution in [0.25, 0.3) is 11.1 Å². The van der Waals surface area contributed by atoms with Crippen molar-refractivity contribution in [1.82, 2.24) is 0 Å². The Bertz CT molecular complexity index is 1290. The van der Waals surface area contributed by atoms with Crippen LogP contribution in [0.4, 0.5) is 0 Å². The Morgan fingerprint density at radius 1 is 0.457 bits per heavy atom. The molecule has 35 heavy (non-hydrogen) atoms. The number of benzene rings is 4. The highest BCUT2D eigenvalue weighted by atomic mass is 14.5. The van der Waals surface area contributed by atoms with E-state index in [1.54, 1.807) is 0 Å². The second kappa shape index (κ2) is 9.15. The van der Waals surface area contributed by atoms with Crippen molar-refractivity contribution in [2.24, 2.45) is 0 Å². The van der Waals surface area contributed by atoms with E-state index in [1.807, 2.05) is 0 Å². The third-order valence-electron chi connectivity index (χ3n) is 8.18. The van der Waals surface area contributed by atoms with Crippen LogP contribution >= 0.6 is 0 Å². The molecule has 0 N–H and O–H groups in total. The normalized spacial score (nSPS) is 13.5. The molecule has 4 aromatic carbocycles. The molecule has 1 aliphatic carbocycles. The molecule has 0 heterocycles. The Balaban J connectivity index is 2.06. The minimum Gasteiger partial charge on any atom is -0.0613 e. The highest BCUT2D eigenvalue weighted by Crippen LogP contribution is 2.58. The first-order chi connectivity index (χ1) is 17.0. The summed E-state index contributed by atoms with van der Waals surface area (Å²) in [6, 6.07) is 28.8. The maximum atomic E-state index is 2.53. The summed E-state index contributed by atoms with van der Waals surface area (Å²) < 4.78 is 0. The Morgan fingerprint density at radius 2 is 0.886 bits per heavy atom. The third kappa shape index (κ3) is 3.57. The van der Waals surface area contributed by atoms with Crippen molar-refractivity contribution in [2.45, 2.75) is 72.6 Å². The van der Waals surface area contributed by atoms with Gasteiger partial charge in [-0.05, 0) is 95.2 Å². The maximum absolute atomic E-state index is 2.53. The van der Waals surface area contributed by atoms with E-state index in [4.69, 9.17) is 0 Å². The topological polar surface area (TPSA) is 0 Å². The monoisotopic (exact) mass is 458 g/mol. The highest BCUT2D eigenvalue weighted by Gasteiger charge is 2.48. The minimum absolute atomic E-state index is 0.310. The van der Waals surface area contributed by atoms with Gasteiger partial charge in [-0.15, -0.1) is 0 Å². The van der Waals surface area contributed by atoms with Gasteiger partial charge in [0.25, 0.3) is 0 Å². The number of rotatable bonds is 6. The number of hydrogen-bond acceptors (Lipinski definition) is 0. The molecule has 0 saturated carbocycles. The van der Waals surface area contributed by atoms with Crippen molar-refractivity contribution >= 4 is 0 Å². The zero-order chi connectivity index (χ0) is 24.7. The second-order valence-electron chi connectivity index (χ2n) is 10.2. The van der Waals surface area contributed by atoms with Crippen LogP contribution in [0, 0.1) is 13.8 Å². The van der Waals surface area contributed by atoms with Gasteiger partial charge < -0.3 is 0 Å². The average molecular weight is 459 g/mol. The van der Waals surface area contributed by atoms with Gasteiger partial charge in [-0.2, -0.15) is 0 Å². The summed E-state index contributed by atoms with van der Waals surface area (Å²) in [6.45, 7) is 13.7. The largest absolute Gasteiger partial charge is 0.0719 e. The predicted octanol–water partition coefficient (Wildman–Crippen LogP) is 8.92. The Labute approximate surface area is 212 Å². The van der Waals surface area contributed by atoms with Crippen LogP contribution in [0.3, 0.4) is 0 Å². The van der Waals surface area contributed by atoms with Gasteiger partial charge in [0.2, 0.25) is 0 Å². The number of fused-ring (bicyclic) bond motifs is 3. The number of aryl methyl sites for hydroxylation is 6. The molecule has 4 aromatic rings. The van der Waals surface area contributed by atoms with E-state index >= 15 is 0 Å². The van der Waals surface area contributed by atoms with Gasteiger partial charge in [0, 0.05) is 0 Å². The lowest BCUT2D eigenvalue weighted by Crippen LogP contribution is -2.32. The first kappa shape index (κ1) is 23.6. The Hall–Kier alpha value is -3.12. The van der Waals surface area contributed by atoms with Gasteiger partial charge in [0.05, 0.1) is 5.41 Å². The van der Waals surface area contributed by atoms with Crippen LogP contribution < -0.4 is 0 Å². The zero-order valence-electron chi connectivity index (χ0n) is 22.3. The van der Waals surface area contributed by atoms with E-state index < -0.39 is 0 Å². The van der Waals surface area contributed by atoms with Crippen LogP contribution in [-0.4, -0.2) is 0 Å². The Morgan fingerprint density at radius 3 is 1.26 bits per heavy atom. The maximum Gasteiger partial charge on any atom is 0.0719 e. The molecular weight excluding hydrogens is 420 g/mol. The molecule has 0 atom stereocenters. The molecule has 5 rings (SSSR count). The van der Waals surface area contributed by atoms with E-state index in [2.05, 4.69) is 114 Å². The lowest BCUT2D eigenvalue weighted by atomic mass is 9.64. The van der Waals surface area contributed by atoms with Crippen molar-refractivity contribution < 1.29 is 0 Å². The molecule has 0 aliphatic heterocycles. The second-order valence-corrected chi connectivity index (χ2v) is 10.2. The lowest BCUT2D eigenvalue weighted by molar-refractivity contribution is 0.735. The summed E-state index contributed by atoms with van der Waals surface area (Å²) in [7, 11) is 0. The standard InChI is InChI=1S/C35H38/c1-7-25-13-15-27(9-3)31(21-25)35(32-22-26(8-2)14-16-28(32)10-4)33-19-23(5)11-17-29(33)30-18-12-24(6)20-34(30)35/h11-22H,7-10H2,1-6H3.